The molecule has 1 atom stereocenters. The Bertz CT molecular complexity index is 1600. The Kier molecular flexibility index (Phi) is 5.20. The second kappa shape index (κ2) is 8.24. The molecule has 0 spiro atoms. The number of thiophene rings is 1. The molecule has 4 aromatic rings. The Morgan fingerprint density at radius 2 is 2.03 bits per heavy atom. The zero-order chi connectivity index (χ0) is 22.5. The molecule has 33 heavy (non-hydrogen) atoms. The molecule has 0 radical (unpaired) electrons. The molecule has 0 amide bonds. The SMILES string of the molecule is COc1ccc(Br)cc1/C=c1/sc2n(c1=O)[C@@H](c1cccs1)C1=C(N=2)c2ccccc2CC1. The second-order valence-electron chi connectivity index (χ2n) is 8.02. The van der Waals surface area contributed by atoms with Gasteiger partial charge >= 0.3 is 0 Å². The molecule has 164 valence electrons. The van der Waals surface area contributed by atoms with Gasteiger partial charge in [-0.3, -0.25) is 9.36 Å². The van der Waals surface area contributed by atoms with E-state index in [4.69, 9.17) is 9.73 Å². The molecule has 2 aliphatic rings. The largest absolute Gasteiger partial charge is 0.496 e. The predicted molar refractivity (Wildman–Crippen MR) is 138 cm³/mol. The fourth-order valence-corrected chi connectivity index (χ4v) is 6.90. The summed E-state index contributed by atoms with van der Waals surface area (Å²) in [6, 6.07) is 18.4. The van der Waals surface area contributed by atoms with E-state index in [1.165, 1.54) is 32.9 Å². The zero-order valence-corrected chi connectivity index (χ0v) is 21.0. The van der Waals surface area contributed by atoms with E-state index in [1.807, 2.05) is 28.8 Å². The number of hydrogen-bond donors (Lipinski definition) is 0. The van der Waals surface area contributed by atoms with Crippen molar-refractivity contribution in [3.05, 3.63) is 111 Å². The first-order chi connectivity index (χ1) is 16.1. The molecule has 0 fully saturated rings. The van der Waals surface area contributed by atoms with Crippen molar-refractivity contribution in [3.63, 3.8) is 0 Å². The lowest BCUT2D eigenvalue weighted by molar-refractivity contribution is 0.413. The van der Waals surface area contributed by atoms with E-state index < -0.39 is 0 Å². The van der Waals surface area contributed by atoms with Crippen LogP contribution in [0.2, 0.25) is 0 Å². The third-order valence-corrected chi connectivity index (χ3v) is 8.56. The van der Waals surface area contributed by atoms with Gasteiger partial charge < -0.3 is 4.74 Å². The van der Waals surface area contributed by atoms with Crippen LogP contribution in [0, 0.1) is 0 Å². The van der Waals surface area contributed by atoms with Gasteiger partial charge in [0.2, 0.25) is 0 Å². The van der Waals surface area contributed by atoms with Crippen molar-refractivity contribution in [2.45, 2.75) is 18.9 Å². The number of aryl methyl sites for hydroxylation is 1. The van der Waals surface area contributed by atoms with Crippen molar-refractivity contribution < 1.29 is 4.74 Å². The average molecular weight is 535 g/mol. The van der Waals surface area contributed by atoms with Gasteiger partial charge in [0.1, 0.15) is 5.75 Å². The topological polar surface area (TPSA) is 43.6 Å². The van der Waals surface area contributed by atoms with Crippen LogP contribution in [0.3, 0.4) is 0 Å². The fraction of sp³-hybridized carbons (Fsp3) is 0.154. The van der Waals surface area contributed by atoms with Crippen LogP contribution in [0.15, 0.2) is 79.8 Å². The molecule has 1 aliphatic carbocycles. The van der Waals surface area contributed by atoms with Gasteiger partial charge in [-0.25, -0.2) is 4.99 Å². The highest BCUT2D eigenvalue weighted by molar-refractivity contribution is 9.10. The number of nitrogens with zero attached hydrogens (tertiary/aromatic N) is 2. The summed E-state index contributed by atoms with van der Waals surface area (Å²) in [6.45, 7) is 0. The number of hydrogen-bond acceptors (Lipinski definition) is 5. The molecule has 0 saturated carbocycles. The molecule has 0 unspecified atom stereocenters. The summed E-state index contributed by atoms with van der Waals surface area (Å²) < 4.78 is 9.00. The van der Waals surface area contributed by atoms with Gasteiger partial charge in [-0.1, -0.05) is 57.6 Å². The summed E-state index contributed by atoms with van der Waals surface area (Å²) in [5, 5.41) is 2.08. The zero-order valence-electron chi connectivity index (χ0n) is 17.7. The van der Waals surface area contributed by atoms with Crippen molar-refractivity contribution in [2.24, 2.45) is 4.99 Å². The third-order valence-electron chi connectivity index (χ3n) is 6.16. The summed E-state index contributed by atoms with van der Waals surface area (Å²) in [7, 11) is 1.64. The minimum atomic E-state index is -0.115. The van der Waals surface area contributed by atoms with E-state index in [9.17, 15) is 4.79 Å². The van der Waals surface area contributed by atoms with E-state index in [0.717, 1.165) is 39.1 Å². The number of benzene rings is 2. The van der Waals surface area contributed by atoms with Crippen LogP contribution in [0.4, 0.5) is 0 Å². The molecule has 6 rings (SSSR count). The normalized spacial score (nSPS) is 17.3. The van der Waals surface area contributed by atoms with Crippen LogP contribution < -0.4 is 19.6 Å². The van der Waals surface area contributed by atoms with Crippen LogP contribution in [0.5, 0.6) is 5.75 Å². The Morgan fingerprint density at radius 1 is 1.15 bits per heavy atom. The quantitative estimate of drug-likeness (QED) is 0.364. The van der Waals surface area contributed by atoms with Crippen LogP contribution in [-0.2, 0) is 6.42 Å². The fourth-order valence-electron chi connectivity index (χ4n) is 4.68. The molecule has 3 heterocycles. The molecule has 2 aromatic carbocycles. The molecule has 0 N–H and O–H groups in total. The van der Waals surface area contributed by atoms with E-state index in [0.29, 0.717) is 4.53 Å². The summed E-state index contributed by atoms with van der Waals surface area (Å²) in [6.07, 6.45) is 3.78. The van der Waals surface area contributed by atoms with E-state index >= 15 is 0 Å². The molecule has 1 aliphatic heterocycles. The third kappa shape index (κ3) is 3.46. The van der Waals surface area contributed by atoms with Crippen molar-refractivity contribution in [1.82, 2.24) is 4.57 Å². The molecule has 0 bridgehead atoms. The van der Waals surface area contributed by atoms with Crippen molar-refractivity contribution in [3.8, 4) is 5.75 Å². The van der Waals surface area contributed by atoms with Gasteiger partial charge in [-0.15, -0.1) is 11.3 Å². The minimum absolute atomic E-state index is 0.00964. The number of aromatic nitrogens is 1. The monoisotopic (exact) mass is 534 g/mol. The first-order valence-electron chi connectivity index (χ1n) is 10.6. The van der Waals surface area contributed by atoms with Crippen molar-refractivity contribution in [2.75, 3.05) is 7.11 Å². The Hall–Kier alpha value is -2.74. The van der Waals surface area contributed by atoms with Crippen molar-refractivity contribution >= 4 is 50.4 Å². The maximum Gasteiger partial charge on any atom is 0.271 e. The van der Waals surface area contributed by atoms with Gasteiger partial charge in [-0.2, -0.15) is 0 Å². The maximum absolute atomic E-state index is 13.7. The van der Waals surface area contributed by atoms with Crippen LogP contribution in [0.25, 0.3) is 11.8 Å². The van der Waals surface area contributed by atoms with Gasteiger partial charge in [-0.05, 0) is 59.7 Å². The summed E-state index contributed by atoms with van der Waals surface area (Å²) >= 11 is 6.66. The Labute approximate surface area is 207 Å². The number of fused-ring (bicyclic) bond motifs is 3. The van der Waals surface area contributed by atoms with E-state index in [2.05, 4.69) is 57.7 Å². The average Bonchev–Trinajstić information content (AvgIpc) is 3.47. The minimum Gasteiger partial charge on any atom is -0.496 e. The predicted octanol–water partition coefficient (Wildman–Crippen LogP) is 5.15. The number of halogens is 1. The lowest BCUT2D eigenvalue weighted by Crippen LogP contribution is -2.38. The number of ether oxygens (including phenoxy) is 1. The summed E-state index contributed by atoms with van der Waals surface area (Å²) in [4.78, 5) is 20.7. The number of allylic oxidation sites excluding steroid dienone is 1. The molecule has 0 saturated heterocycles. The Morgan fingerprint density at radius 3 is 2.85 bits per heavy atom. The van der Waals surface area contributed by atoms with Gasteiger partial charge in [0.05, 0.1) is 23.4 Å². The number of thiazole rings is 1. The highest BCUT2D eigenvalue weighted by Crippen LogP contribution is 2.42. The van der Waals surface area contributed by atoms with E-state index in [1.54, 1.807) is 18.4 Å². The highest BCUT2D eigenvalue weighted by Gasteiger charge is 2.33. The summed E-state index contributed by atoms with van der Waals surface area (Å²) in [5.74, 6) is 0.729. The standard InChI is InChI=1S/C26H19BrN2O2S2/c1-31-20-11-9-17(27)13-16(20)14-22-25(30)29-24(21-7-4-12-32-21)19-10-8-15-5-2-3-6-18(15)23(19)28-26(29)33-22/h2-7,9,11-14,24H,8,10H2,1H3/b22-14+/t24-/m1/s1. The lowest BCUT2D eigenvalue weighted by atomic mass is 9.85. The number of methoxy groups -OCH3 is 1. The number of rotatable bonds is 3. The van der Waals surface area contributed by atoms with E-state index in [-0.39, 0.29) is 11.6 Å². The van der Waals surface area contributed by atoms with Gasteiger partial charge in [0.25, 0.3) is 5.56 Å². The second-order valence-corrected chi connectivity index (χ2v) is 10.9. The lowest BCUT2D eigenvalue weighted by Gasteiger charge is -2.30. The van der Waals surface area contributed by atoms with Crippen molar-refractivity contribution in [1.29, 1.82) is 0 Å². The smallest absolute Gasteiger partial charge is 0.271 e. The first kappa shape index (κ1) is 20.8. The van der Waals surface area contributed by atoms with Gasteiger partial charge in [0, 0.05) is 20.5 Å². The summed E-state index contributed by atoms with van der Waals surface area (Å²) in [5.41, 5.74) is 5.62. The first-order valence-corrected chi connectivity index (χ1v) is 13.1. The van der Waals surface area contributed by atoms with Crippen LogP contribution >= 0.6 is 38.6 Å². The van der Waals surface area contributed by atoms with Crippen LogP contribution in [0.1, 0.15) is 34.0 Å². The molecule has 2 aromatic heterocycles. The molecular weight excluding hydrogens is 516 g/mol. The molecular formula is C26H19BrN2O2S2. The Balaban J connectivity index is 1.62. The van der Waals surface area contributed by atoms with Gasteiger partial charge in [0.15, 0.2) is 4.80 Å². The maximum atomic E-state index is 13.7. The molecule has 4 nitrogen and oxygen atoms in total. The highest BCUT2D eigenvalue weighted by atomic mass is 79.9. The van der Waals surface area contributed by atoms with Crippen LogP contribution in [-0.4, -0.2) is 11.7 Å². The molecule has 7 heteroatoms.